The number of aliphatic hydroxyl groups excluding tert-OH is 1. The Balaban J connectivity index is 3.01. The Kier molecular flexibility index (Phi) is 3.74. The lowest BCUT2D eigenvalue weighted by Crippen LogP contribution is -2.23. The average Bonchev–Trinajstić information content (AvgIpc) is 2.03. The van der Waals surface area contributed by atoms with Crippen molar-refractivity contribution in [1.82, 2.24) is 0 Å². The molecule has 0 bridgehead atoms. The molecule has 4 heteroatoms. The van der Waals surface area contributed by atoms with Crippen LogP contribution in [-0.2, 0) is 0 Å². The molecule has 13 heavy (non-hydrogen) atoms. The van der Waals surface area contributed by atoms with E-state index >= 15 is 0 Å². The number of hydrogen-bond acceptors (Lipinski definition) is 2. The number of halogens is 2. The Labute approximate surface area is 90.8 Å². The Hall–Kier alpha value is -0.0900. The topological polar surface area (TPSA) is 46.2 Å². The molecule has 0 aliphatic rings. The summed E-state index contributed by atoms with van der Waals surface area (Å²) in [4.78, 5) is 0. The summed E-state index contributed by atoms with van der Waals surface area (Å²) in [5.74, 6) is 0. The number of nitrogens with two attached hydrogens (primary N) is 1. The molecular formula is C9H11BrClNO. The van der Waals surface area contributed by atoms with Crippen LogP contribution in [0.5, 0.6) is 0 Å². The van der Waals surface area contributed by atoms with Crippen LogP contribution in [0.2, 0.25) is 5.02 Å². The minimum atomic E-state index is -0.598. The predicted molar refractivity (Wildman–Crippen MR) is 57.8 cm³/mol. The molecule has 0 radical (unpaired) electrons. The van der Waals surface area contributed by atoms with Crippen LogP contribution < -0.4 is 5.73 Å². The van der Waals surface area contributed by atoms with Gasteiger partial charge in [-0.25, -0.2) is 0 Å². The van der Waals surface area contributed by atoms with E-state index in [-0.39, 0.29) is 0 Å². The molecular weight excluding hydrogens is 253 g/mol. The zero-order chi connectivity index (χ0) is 10.0. The third-order valence-corrected chi connectivity index (χ3v) is 2.66. The summed E-state index contributed by atoms with van der Waals surface area (Å²) >= 11 is 9.24. The first kappa shape index (κ1) is 11.0. The highest BCUT2D eigenvalue weighted by atomic mass is 79.9. The van der Waals surface area contributed by atoms with Gasteiger partial charge in [-0.3, -0.25) is 0 Å². The summed E-state index contributed by atoms with van der Waals surface area (Å²) in [6.45, 7) is 1.64. The first-order valence-electron chi connectivity index (χ1n) is 3.91. The largest absolute Gasteiger partial charge is 0.391 e. The number of benzene rings is 1. The van der Waals surface area contributed by atoms with Gasteiger partial charge in [0, 0.05) is 9.50 Å². The lowest BCUT2D eigenvalue weighted by Gasteiger charge is -2.16. The van der Waals surface area contributed by atoms with E-state index in [0.29, 0.717) is 5.02 Å². The lowest BCUT2D eigenvalue weighted by molar-refractivity contribution is 0.164. The van der Waals surface area contributed by atoms with Crippen LogP contribution in [0, 0.1) is 0 Å². The summed E-state index contributed by atoms with van der Waals surface area (Å²) in [5, 5.41) is 9.84. The molecule has 72 valence electrons. The zero-order valence-corrected chi connectivity index (χ0v) is 9.51. The molecule has 1 unspecified atom stereocenters. The molecule has 0 saturated heterocycles. The Morgan fingerprint density at radius 2 is 2.15 bits per heavy atom. The zero-order valence-electron chi connectivity index (χ0n) is 7.17. The summed E-state index contributed by atoms with van der Waals surface area (Å²) in [5.41, 5.74) is 6.50. The maximum absolute atomic E-state index is 9.27. The van der Waals surface area contributed by atoms with Gasteiger partial charge in [-0.15, -0.1) is 0 Å². The van der Waals surface area contributed by atoms with Crippen LogP contribution in [0.3, 0.4) is 0 Å². The van der Waals surface area contributed by atoms with Crippen molar-refractivity contribution >= 4 is 27.5 Å². The third kappa shape index (κ3) is 2.68. The van der Waals surface area contributed by atoms with Crippen LogP contribution >= 0.6 is 27.5 Å². The van der Waals surface area contributed by atoms with E-state index in [4.69, 9.17) is 17.3 Å². The van der Waals surface area contributed by atoms with Gasteiger partial charge in [0.1, 0.15) is 0 Å². The molecule has 0 spiro atoms. The summed E-state index contributed by atoms with van der Waals surface area (Å²) in [7, 11) is 0. The van der Waals surface area contributed by atoms with E-state index in [1.165, 1.54) is 0 Å². The second kappa shape index (κ2) is 4.42. The molecule has 0 saturated carbocycles. The van der Waals surface area contributed by atoms with E-state index in [9.17, 15) is 5.11 Å². The van der Waals surface area contributed by atoms with E-state index < -0.39 is 12.1 Å². The van der Waals surface area contributed by atoms with Gasteiger partial charge in [-0.05, 0) is 24.6 Å². The summed E-state index contributed by atoms with van der Waals surface area (Å²) in [6.07, 6.45) is -0.598. The van der Waals surface area contributed by atoms with Crippen molar-refractivity contribution in [3.05, 3.63) is 33.3 Å². The molecule has 0 aliphatic heterocycles. The highest BCUT2D eigenvalue weighted by molar-refractivity contribution is 9.10. The minimum absolute atomic E-state index is 0.430. The van der Waals surface area contributed by atoms with Crippen LogP contribution in [-0.4, -0.2) is 11.2 Å². The Bertz CT molecular complexity index is 304. The van der Waals surface area contributed by atoms with Gasteiger partial charge < -0.3 is 10.8 Å². The minimum Gasteiger partial charge on any atom is -0.391 e. The van der Waals surface area contributed by atoms with Gasteiger partial charge >= 0.3 is 0 Å². The van der Waals surface area contributed by atoms with Gasteiger partial charge in [-0.1, -0.05) is 33.6 Å². The first-order valence-corrected chi connectivity index (χ1v) is 5.08. The fourth-order valence-electron chi connectivity index (χ4n) is 1.03. The van der Waals surface area contributed by atoms with Crippen LogP contribution in [0.1, 0.15) is 18.5 Å². The molecule has 1 aromatic carbocycles. The Morgan fingerprint density at radius 3 is 2.62 bits per heavy atom. The molecule has 2 nitrogen and oxygen atoms in total. The molecule has 0 fully saturated rings. The molecule has 0 aromatic heterocycles. The fourth-order valence-corrected chi connectivity index (χ4v) is 1.83. The number of aliphatic hydroxyl groups is 1. The van der Waals surface area contributed by atoms with Crippen molar-refractivity contribution in [3.8, 4) is 0 Å². The van der Waals surface area contributed by atoms with Gasteiger partial charge in [0.15, 0.2) is 0 Å². The third-order valence-electron chi connectivity index (χ3n) is 1.84. The monoisotopic (exact) mass is 263 g/mol. The normalized spacial score (nSPS) is 15.5. The van der Waals surface area contributed by atoms with Gasteiger partial charge in [0.2, 0.25) is 0 Å². The van der Waals surface area contributed by atoms with Gasteiger partial charge in [0.05, 0.1) is 12.1 Å². The van der Waals surface area contributed by atoms with Crippen molar-refractivity contribution in [2.45, 2.75) is 19.1 Å². The predicted octanol–water partition coefficient (Wildman–Crippen LogP) is 2.48. The lowest BCUT2D eigenvalue weighted by atomic mass is 10.0. The van der Waals surface area contributed by atoms with Gasteiger partial charge in [0.25, 0.3) is 0 Å². The molecule has 2 atom stereocenters. The number of hydrogen-bond donors (Lipinski definition) is 2. The van der Waals surface area contributed by atoms with Crippen LogP contribution in [0.4, 0.5) is 0 Å². The van der Waals surface area contributed by atoms with Crippen molar-refractivity contribution in [2.24, 2.45) is 5.73 Å². The molecule has 0 amide bonds. The Morgan fingerprint density at radius 1 is 1.54 bits per heavy atom. The van der Waals surface area contributed by atoms with E-state index in [1.807, 2.05) is 12.1 Å². The molecule has 0 aliphatic carbocycles. The average molecular weight is 265 g/mol. The van der Waals surface area contributed by atoms with Crippen molar-refractivity contribution < 1.29 is 5.11 Å². The highest BCUT2D eigenvalue weighted by Gasteiger charge is 2.14. The SMILES string of the molecule is CC(O)[C@@H](N)c1ccc(Br)cc1Cl. The fraction of sp³-hybridized carbons (Fsp3) is 0.333. The summed E-state index contributed by atoms with van der Waals surface area (Å²) in [6, 6.07) is 4.99. The van der Waals surface area contributed by atoms with Crippen LogP contribution in [0.25, 0.3) is 0 Å². The summed E-state index contributed by atoms with van der Waals surface area (Å²) < 4.78 is 0.902. The second-order valence-electron chi connectivity index (χ2n) is 2.93. The first-order chi connectivity index (χ1) is 6.02. The number of rotatable bonds is 2. The standard InChI is InChI=1S/C9H11BrClNO/c1-5(13)9(12)7-3-2-6(10)4-8(7)11/h2-5,9,13H,12H2,1H3/t5?,9-/m1/s1. The van der Waals surface area contributed by atoms with E-state index in [0.717, 1.165) is 10.0 Å². The highest BCUT2D eigenvalue weighted by Crippen LogP contribution is 2.26. The molecule has 1 aromatic rings. The molecule has 0 heterocycles. The maximum atomic E-state index is 9.27. The van der Waals surface area contributed by atoms with Crippen molar-refractivity contribution in [1.29, 1.82) is 0 Å². The molecule has 3 N–H and O–H groups in total. The van der Waals surface area contributed by atoms with Crippen LogP contribution in [0.15, 0.2) is 22.7 Å². The second-order valence-corrected chi connectivity index (χ2v) is 4.26. The van der Waals surface area contributed by atoms with E-state index in [1.54, 1.807) is 13.0 Å². The van der Waals surface area contributed by atoms with E-state index in [2.05, 4.69) is 15.9 Å². The maximum Gasteiger partial charge on any atom is 0.0705 e. The van der Waals surface area contributed by atoms with Crippen molar-refractivity contribution in [2.75, 3.05) is 0 Å². The molecule has 1 rings (SSSR count). The smallest absolute Gasteiger partial charge is 0.0705 e. The van der Waals surface area contributed by atoms with Crippen molar-refractivity contribution in [3.63, 3.8) is 0 Å². The van der Waals surface area contributed by atoms with Gasteiger partial charge in [-0.2, -0.15) is 0 Å². The quantitative estimate of drug-likeness (QED) is 0.862.